The fraction of sp³-hybridized carbons (Fsp3) is 0.286. The standard InChI is InChI=1S/C14H13Cl2N3O2S/c15-8-1-2-9(10(16)7-8)11-12(13(17)20)22-14(18-11)19-3-5-21-6-4-19/h1-2,7H,3-6H2,(H2,17,20). The molecule has 1 aromatic heterocycles. The van der Waals surface area contributed by atoms with Crippen molar-refractivity contribution in [1.82, 2.24) is 4.98 Å². The number of halogens is 2. The summed E-state index contributed by atoms with van der Waals surface area (Å²) in [4.78, 5) is 18.8. The van der Waals surface area contributed by atoms with Crippen LogP contribution in [0.3, 0.4) is 0 Å². The van der Waals surface area contributed by atoms with E-state index in [1.165, 1.54) is 11.3 Å². The fourth-order valence-electron chi connectivity index (χ4n) is 2.23. The predicted molar refractivity (Wildman–Crippen MR) is 89.1 cm³/mol. The quantitative estimate of drug-likeness (QED) is 0.916. The number of hydrogen-bond acceptors (Lipinski definition) is 5. The minimum Gasteiger partial charge on any atom is -0.378 e. The van der Waals surface area contributed by atoms with Crippen LogP contribution in [0.4, 0.5) is 5.13 Å². The lowest BCUT2D eigenvalue weighted by atomic mass is 10.1. The molecule has 0 unspecified atom stereocenters. The van der Waals surface area contributed by atoms with Gasteiger partial charge in [-0.25, -0.2) is 4.98 Å². The van der Waals surface area contributed by atoms with Crippen molar-refractivity contribution in [3.8, 4) is 11.3 Å². The Balaban J connectivity index is 2.05. The number of anilines is 1. The lowest BCUT2D eigenvalue weighted by molar-refractivity contribution is 0.100. The van der Waals surface area contributed by atoms with Crippen LogP contribution in [0.25, 0.3) is 11.3 Å². The van der Waals surface area contributed by atoms with Crippen LogP contribution in [-0.2, 0) is 4.74 Å². The van der Waals surface area contributed by atoms with Gasteiger partial charge in [0.25, 0.3) is 5.91 Å². The topological polar surface area (TPSA) is 68.5 Å². The summed E-state index contributed by atoms with van der Waals surface area (Å²) >= 11 is 13.4. The molecule has 0 radical (unpaired) electrons. The van der Waals surface area contributed by atoms with Crippen LogP contribution in [-0.4, -0.2) is 37.2 Å². The number of aromatic nitrogens is 1. The highest BCUT2D eigenvalue weighted by atomic mass is 35.5. The van der Waals surface area contributed by atoms with Gasteiger partial charge in [0.2, 0.25) is 0 Å². The van der Waals surface area contributed by atoms with E-state index in [2.05, 4.69) is 9.88 Å². The largest absolute Gasteiger partial charge is 0.378 e. The first-order valence-electron chi connectivity index (χ1n) is 6.65. The van der Waals surface area contributed by atoms with Crippen molar-refractivity contribution in [1.29, 1.82) is 0 Å². The lowest BCUT2D eigenvalue weighted by Gasteiger charge is -2.26. The van der Waals surface area contributed by atoms with Crippen molar-refractivity contribution in [3.63, 3.8) is 0 Å². The summed E-state index contributed by atoms with van der Waals surface area (Å²) in [5.74, 6) is -0.516. The summed E-state index contributed by atoms with van der Waals surface area (Å²) in [6.07, 6.45) is 0. The van der Waals surface area contributed by atoms with Gasteiger partial charge in [-0.05, 0) is 18.2 Å². The molecule has 1 amide bonds. The summed E-state index contributed by atoms with van der Waals surface area (Å²) in [5, 5.41) is 1.71. The smallest absolute Gasteiger partial charge is 0.261 e. The van der Waals surface area contributed by atoms with Crippen molar-refractivity contribution in [2.75, 3.05) is 31.2 Å². The first-order valence-corrected chi connectivity index (χ1v) is 8.22. The van der Waals surface area contributed by atoms with E-state index in [4.69, 9.17) is 33.7 Å². The molecule has 1 aliphatic rings. The zero-order chi connectivity index (χ0) is 15.7. The van der Waals surface area contributed by atoms with E-state index in [1.54, 1.807) is 18.2 Å². The van der Waals surface area contributed by atoms with Gasteiger partial charge in [-0.2, -0.15) is 0 Å². The molecule has 3 rings (SSSR count). The van der Waals surface area contributed by atoms with Crippen LogP contribution >= 0.6 is 34.5 Å². The average Bonchev–Trinajstić information content (AvgIpc) is 2.93. The summed E-state index contributed by atoms with van der Waals surface area (Å²) in [5.41, 5.74) is 6.64. The minimum atomic E-state index is -0.516. The molecule has 2 aromatic rings. The molecule has 0 saturated carbocycles. The summed E-state index contributed by atoms with van der Waals surface area (Å²) < 4.78 is 5.33. The van der Waals surface area contributed by atoms with Gasteiger partial charge in [0.15, 0.2) is 5.13 Å². The Hall–Kier alpha value is -1.34. The van der Waals surface area contributed by atoms with Crippen molar-refractivity contribution >= 4 is 45.6 Å². The third-order valence-electron chi connectivity index (χ3n) is 3.31. The Morgan fingerprint density at radius 3 is 2.68 bits per heavy atom. The Morgan fingerprint density at radius 1 is 1.32 bits per heavy atom. The second-order valence-electron chi connectivity index (χ2n) is 4.76. The number of nitrogens with zero attached hydrogens (tertiary/aromatic N) is 2. The van der Waals surface area contributed by atoms with Crippen LogP contribution < -0.4 is 10.6 Å². The molecule has 1 saturated heterocycles. The molecule has 116 valence electrons. The second-order valence-corrected chi connectivity index (χ2v) is 6.58. The first-order chi connectivity index (χ1) is 10.6. The lowest BCUT2D eigenvalue weighted by Crippen LogP contribution is -2.36. The molecule has 0 bridgehead atoms. The molecule has 2 heterocycles. The highest BCUT2D eigenvalue weighted by Gasteiger charge is 2.23. The van der Waals surface area contributed by atoms with Crippen LogP contribution in [0, 0.1) is 0 Å². The van der Waals surface area contributed by atoms with Gasteiger partial charge >= 0.3 is 0 Å². The van der Waals surface area contributed by atoms with Crippen molar-refractivity contribution < 1.29 is 9.53 Å². The maximum Gasteiger partial charge on any atom is 0.261 e. The number of carbonyl (C=O) groups is 1. The number of carbonyl (C=O) groups excluding carboxylic acids is 1. The van der Waals surface area contributed by atoms with Gasteiger partial charge in [0, 0.05) is 23.7 Å². The monoisotopic (exact) mass is 357 g/mol. The summed E-state index contributed by atoms with van der Waals surface area (Å²) in [7, 11) is 0. The summed E-state index contributed by atoms with van der Waals surface area (Å²) in [6, 6.07) is 5.08. The van der Waals surface area contributed by atoms with Gasteiger partial charge in [0.1, 0.15) is 4.88 Å². The predicted octanol–water partition coefficient (Wildman–Crippen LogP) is 3.05. The normalized spacial score (nSPS) is 15.1. The molecule has 8 heteroatoms. The maximum atomic E-state index is 11.7. The molecule has 1 aliphatic heterocycles. The minimum absolute atomic E-state index is 0.394. The molecule has 0 atom stereocenters. The average molecular weight is 358 g/mol. The van der Waals surface area contributed by atoms with E-state index < -0.39 is 5.91 Å². The third-order valence-corrected chi connectivity index (χ3v) is 4.99. The number of nitrogens with two attached hydrogens (primary N) is 1. The number of ether oxygens (including phenoxy) is 1. The van der Waals surface area contributed by atoms with Gasteiger partial charge in [0.05, 0.1) is 23.9 Å². The van der Waals surface area contributed by atoms with E-state index in [0.717, 1.165) is 18.2 Å². The molecular weight excluding hydrogens is 345 g/mol. The van der Waals surface area contributed by atoms with Crippen LogP contribution in [0.2, 0.25) is 10.0 Å². The fourth-order valence-corrected chi connectivity index (χ4v) is 3.71. The zero-order valence-corrected chi connectivity index (χ0v) is 13.8. The zero-order valence-electron chi connectivity index (χ0n) is 11.5. The Morgan fingerprint density at radius 2 is 2.05 bits per heavy atom. The van der Waals surface area contributed by atoms with E-state index >= 15 is 0 Å². The van der Waals surface area contributed by atoms with Crippen molar-refractivity contribution in [2.45, 2.75) is 0 Å². The highest BCUT2D eigenvalue weighted by Crippen LogP contribution is 2.37. The third kappa shape index (κ3) is 3.05. The van der Waals surface area contributed by atoms with Gasteiger partial charge < -0.3 is 15.4 Å². The maximum absolute atomic E-state index is 11.7. The van der Waals surface area contributed by atoms with E-state index in [1.807, 2.05) is 0 Å². The number of benzene rings is 1. The number of primary amides is 1. The van der Waals surface area contributed by atoms with E-state index in [0.29, 0.717) is 39.4 Å². The van der Waals surface area contributed by atoms with Crippen LogP contribution in [0.1, 0.15) is 9.67 Å². The summed E-state index contributed by atoms with van der Waals surface area (Å²) in [6.45, 7) is 2.75. The first kappa shape index (κ1) is 15.6. The second kappa shape index (κ2) is 6.42. The molecule has 0 spiro atoms. The van der Waals surface area contributed by atoms with E-state index in [9.17, 15) is 4.79 Å². The SMILES string of the molecule is NC(=O)c1sc(N2CCOCC2)nc1-c1ccc(Cl)cc1Cl. The molecule has 5 nitrogen and oxygen atoms in total. The molecule has 2 N–H and O–H groups in total. The molecule has 22 heavy (non-hydrogen) atoms. The van der Waals surface area contributed by atoms with E-state index in [-0.39, 0.29) is 0 Å². The number of hydrogen-bond donors (Lipinski definition) is 1. The van der Waals surface area contributed by atoms with Gasteiger partial charge in [-0.15, -0.1) is 0 Å². The Kier molecular flexibility index (Phi) is 4.54. The molecular formula is C14H13Cl2N3O2S. The molecule has 1 fully saturated rings. The Bertz CT molecular complexity index is 714. The van der Waals surface area contributed by atoms with Gasteiger partial charge in [-0.3, -0.25) is 4.79 Å². The number of thiazole rings is 1. The van der Waals surface area contributed by atoms with Crippen LogP contribution in [0.5, 0.6) is 0 Å². The molecule has 0 aliphatic carbocycles. The number of morpholine rings is 1. The van der Waals surface area contributed by atoms with Crippen molar-refractivity contribution in [2.24, 2.45) is 5.73 Å². The number of rotatable bonds is 3. The Labute approximate surface area is 141 Å². The van der Waals surface area contributed by atoms with Crippen molar-refractivity contribution in [3.05, 3.63) is 33.1 Å². The van der Waals surface area contributed by atoms with Crippen LogP contribution in [0.15, 0.2) is 18.2 Å². The van der Waals surface area contributed by atoms with Gasteiger partial charge in [-0.1, -0.05) is 34.5 Å². The molecule has 1 aromatic carbocycles. The number of amides is 1. The highest BCUT2D eigenvalue weighted by molar-refractivity contribution is 7.18.